The van der Waals surface area contributed by atoms with Gasteiger partial charge < -0.3 is 19.3 Å². The van der Waals surface area contributed by atoms with Gasteiger partial charge in [-0.05, 0) is 51.3 Å². The number of ether oxygens (including phenoxy) is 2. The minimum Gasteiger partial charge on any atom is -0.444 e. The van der Waals surface area contributed by atoms with E-state index >= 15 is 0 Å². The van der Waals surface area contributed by atoms with E-state index in [1.807, 2.05) is 20.8 Å². The summed E-state index contributed by atoms with van der Waals surface area (Å²) in [4.78, 5) is 28.0. The van der Waals surface area contributed by atoms with E-state index in [0.717, 1.165) is 5.56 Å². The lowest BCUT2D eigenvalue weighted by Gasteiger charge is -2.47. The van der Waals surface area contributed by atoms with Crippen molar-refractivity contribution in [2.24, 2.45) is 0 Å². The van der Waals surface area contributed by atoms with E-state index in [9.17, 15) is 14.0 Å². The van der Waals surface area contributed by atoms with Gasteiger partial charge in [-0.25, -0.2) is 9.18 Å². The third-order valence-electron chi connectivity index (χ3n) is 4.95. The van der Waals surface area contributed by atoms with Gasteiger partial charge in [-0.3, -0.25) is 4.79 Å². The van der Waals surface area contributed by atoms with Gasteiger partial charge in [0.05, 0.1) is 12.1 Å². The SMILES string of the molecule is CC(C)(C)OC(=O)N1CCC2(CC1)CN(Cc1ccc(F)cc1)C(=O)CO2. The molecule has 0 atom stereocenters. The molecule has 7 heteroatoms. The maximum Gasteiger partial charge on any atom is 0.410 e. The number of likely N-dealkylation sites (tertiary alicyclic amines) is 1. The van der Waals surface area contributed by atoms with Crippen molar-refractivity contribution in [1.29, 1.82) is 0 Å². The Kier molecular flexibility index (Phi) is 5.42. The van der Waals surface area contributed by atoms with Crippen LogP contribution in [0.5, 0.6) is 0 Å². The van der Waals surface area contributed by atoms with E-state index in [1.54, 1.807) is 21.9 Å². The number of rotatable bonds is 2. The van der Waals surface area contributed by atoms with Crippen LogP contribution in [-0.4, -0.2) is 59.2 Å². The molecule has 1 spiro atoms. The first-order chi connectivity index (χ1) is 12.7. The van der Waals surface area contributed by atoms with E-state index in [2.05, 4.69) is 0 Å². The number of piperidine rings is 1. The lowest BCUT2D eigenvalue weighted by molar-refractivity contribution is -0.172. The molecule has 0 aromatic heterocycles. The minimum atomic E-state index is -0.522. The van der Waals surface area contributed by atoms with Crippen molar-refractivity contribution in [3.05, 3.63) is 35.6 Å². The molecule has 2 amide bonds. The number of benzene rings is 1. The summed E-state index contributed by atoms with van der Waals surface area (Å²) in [5, 5.41) is 0. The number of morpholine rings is 1. The fraction of sp³-hybridized carbons (Fsp3) is 0.600. The van der Waals surface area contributed by atoms with Crippen molar-refractivity contribution in [3.63, 3.8) is 0 Å². The molecule has 2 heterocycles. The monoisotopic (exact) mass is 378 g/mol. The van der Waals surface area contributed by atoms with Crippen molar-refractivity contribution in [3.8, 4) is 0 Å². The summed E-state index contributed by atoms with van der Waals surface area (Å²) in [6.45, 7) is 7.55. The largest absolute Gasteiger partial charge is 0.444 e. The number of carbonyl (C=O) groups excluding carboxylic acids is 2. The van der Waals surface area contributed by atoms with Crippen molar-refractivity contribution >= 4 is 12.0 Å². The zero-order chi connectivity index (χ0) is 19.7. The maximum atomic E-state index is 13.1. The summed E-state index contributed by atoms with van der Waals surface area (Å²) in [5.74, 6) is -0.363. The summed E-state index contributed by atoms with van der Waals surface area (Å²) < 4.78 is 24.4. The van der Waals surface area contributed by atoms with Gasteiger partial charge in [-0.2, -0.15) is 0 Å². The molecular formula is C20H27FN2O4. The quantitative estimate of drug-likeness (QED) is 0.794. The molecule has 1 aromatic carbocycles. The van der Waals surface area contributed by atoms with Crippen LogP contribution in [0.25, 0.3) is 0 Å². The molecule has 2 aliphatic heterocycles. The van der Waals surface area contributed by atoms with E-state index in [4.69, 9.17) is 9.47 Å². The van der Waals surface area contributed by atoms with E-state index in [-0.39, 0.29) is 24.4 Å². The van der Waals surface area contributed by atoms with Gasteiger partial charge in [0.1, 0.15) is 18.0 Å². The van der Waals surface area contributed by atoms with E-state index < -0.39 is 11.2 Å². The van der Waals surface area contributed by atoms with Crippen LogP contribution >= 0.6 is 0 Å². The van der Waals surface area contributed by atoms with Crippen molar-refractivity contribution in [1.82, 2.24) is 9.80 Å². The molecule has 0 N–H and O–H groups in total. The first-order valence-electron chi connectivity index (χ1n) is 9.30. The summed E-state index contributed by atoms with van der Waals surface area (Å²) in [6.07, 6.45) is 0.992. The van der Waals surface area contributed by atoms with Gasteiger partial charge in [0, 0.05) is 19.6 Å². The van der Waals surface area contributed by atoms with Crippen LogP contribution in [-0.2, 0) is 20.8 Å². The number of carbonyl (C=O) groups is 2. The zero-order valence-corrected chi connectivity index (χ0v) is 16.2. The van der Waals surface area contributed by atoms with Crippen LogP contribution < -0.4 is 0 Å². The van der Waals surface area contributed by atoms with Crippen LogP contribution in [0.3, 0.4) is 0 Å². The van der Waals surface area contributed by atoms with Crippen molar-refractivity contribution in [2.45, 2.75) is 51.4 Å². The number of nitrogens with zero attached hydrogens (tertiary/aromatic N) is 2. The predicted octanol–water partition coefficient (Wildman–Crippen LogP) is 2.95. The second-order valence-corrected chi connectivity index (χ2v) is 8.32. The van der Waals surface area contributed by atoms with Crippen LogP contribution in [0, 0.1) is 5.82 Å². The summed E-state index contributed by atoms with van der Waals surface area (Å²) in [5.41, 5.74) is -0.0775. The topological polar surface area (TPSA) is 59.1 Å². The molecule has 6 nitrogen and oxygen atoms in total. The van der Waals surface area contributed by atoms with Gasteiger partial charge in [0.2, 0.25) is 5.91 Å². The van der Waals surface area contributed by atoms with E-state index in [1.165, 1.54) is 12.1 Å². The van der Waals surface area contributed by atoms with Gasteiger partial charge in [0.15, 0.2) is 0 Å². The lowest BCUT2D eigenvalue weighted by atomic mass is 9.89. The number of hydrogen-bond donors (Lipinski definition) is 0. The Hall–Kier alpha value is -2.15. The molecular weight excluding hydrogens is 351 g/mol. The number of amides is 2. The Bertz CT molecular complexity index is 691. The summed E-state index contributed by atoms with van der Waals surface area (Å²) >= 11 is 0. The van der Waals surface area contributed by atoms with Crippen LogP contribution in [0.1, 0.15) is 39.2 Å². The predicted molar refractivity (Wildman–Crippen MR) is 97.5 cm³/mol. The van der Waals surface area contributed by atoms with Crippen molar-refractivity contribution < 1.29 is 23.5 Å². The Morgan fingerprint density at radius 3 is 2.44 bits per heavy atom. The average Bonchev–Trinajstić information content (AvgIpc) is 2.59. The Labute approximate surface area is 159 Å². The molecule has 27 heavy (non-hydrogen) atoms. The molecule has 3 rings (SSSR count). The zero-order valence-electron chi connectivity index (χ0n) is 16.2. The molecule has 1 aromatic rings. The Morgan fingerprint density at radius 1 is 1.22 bits per heavy atom. The first-order valence-corrected chi connectivity index (χ1v) is 9.30. The fourth-order valence-electron chi connectivity index (χ4n) is 3.47. The summed E-state index contributed by atoms with van der Waals surface area (Å²) in [6, 6.07) is 6.18. The molecule has 148 valence electrons. The van der Waals surface area contributed by atoms with Crippen LogP contribution in [0.15, 0.2) is 24.3 Å². The second kappa shape index (κ2) is 7.46. The van der Waals surface area contributed by atoms with Gasteiger partial charge in [-0.15, -0.1) is 0 Å². The first kappa shape index (κ1) is 19.6. The highest BCUT2D eigenvalue weighted by molar-refractivity contribution is 5.78. The van der Waals surface area contributed by atoms with Crippen LogP contribution in [0.4, 0.5) is 9.18 Å². The third-order valence-corrected chi connectivity index (χ3v) is 4.95. The molecule has 2 aliphatic rings. The standard InChI is InChI=1S/C20H27FN2O4/c1-19(2,3)27-18(25)22-10-8-20(9-11-22)14-23(17(24)13-26-20)12-15-4-6-16(21)7-5-15/h4-7H,8-14H2,1-3H3. The fourth-order valence-corrected chi connectivity index (χ4v) is 3.47. The highest BCUT2D eigenvalue weighted by Crippen LogP contribution is 2.31. The summed E-state index contributed by atoms with van der Waals surface area (Å²) in [7, 11) is 0. The molecule has 2 saturated heterocycles. The van der Waals surface area contributed by atoms with Gasteiger partial charge in [-0.1, -0.05) is 12.1 Å². The molecule has 0 radical (unpaired) electrons. The highest BCUT2D eigenvalue weighted by atomic mass is 19.1. The molecule has 0 saturated carbocycles. The maximum absolute atomic E-state index is 13.1. The Balaban J connectivity index is 1.60. The van der Waals surface area contributed by atoms with Crippen LogP contribution in [0.2, 0.25) is 0 Å². The van der Waals surface area contributed by atoms with Gasteiger partial charge >= 0.3 is 6.09 Å². The molecule has 0 bridgehead atoms. The molecule has 0 aliphatic carbocycles. The minimum absolute atomic E-state index is 0.0353. The number of halogens is 1. The molecule has 0 unspecified atom stereocenters. The molecule has 2 fully saturated rings. The second-order valence-electron chi connectivity index (χ2n) is 8.32. The smallest absolute Gasteiger partial charge is 0.410 e. The average molecular weight is 378 g/mol. The van der Waals surface area contributed by atoms with E-state index in [0.29, 0.717) is 39.0 Å². The third kappa shape index (κ3) is 4.97. The lowest BCUT2D eigenvalue weighted by Crippen LogP contribution is -2.59. The highest BCUT2D eigenvalue weighted by Gasteiger charge is 2.43. The van der Waals surface area contributed by atoms with Crippen molar-refractivity contribution in [2.75, 3.05) is 26.2 Å². The van der Waals surface area contributed by atoms with Gasteiger partial charge in [0.25, 0.3) is 0 Å². The number of hydrogen-bond acceptors (Lipinski definition) is 4. The Morgan fingerprint density at radius 2 is 1.85 bits per heavy atom. The normalized spacial score (nSPS) is 20.1.